The second-order valence-corrected chi connectivity index (χ2v) is 6.62. The van der Waals surface area contributed by atoms with Gasteiger partial charge >= 0.3 is 0 Å². The molecule has 1 amide bonds. The molecular weight excluding hydrogens is 306 g/mol. The summed E-state index contributed by atoms with van der Waals surface area (Å²) in [5.74, 6) is 0.804. The Labute approximate surface area is 138 Å². The maximum atomic E-state index is 12.5. The molecule has 1 N–H and O–H groups in total. The molecule has 0 radical (unpaired) electrons. The fraction of sp³-hybridized carbons (Fsp3) is 0.105. The summed E-state index contributed by atoms with van der Waals surface area (Å²) in [6.45, 7) is 2.54. The van der Waals surface area contributed by atoms with E-state index in [9.17, 15) is 4.79 Å². The molecule has 4 heteroatoms. The Kier molecular flexibility index (Phi) is 3.39. The molecule has 3 aromatic rings. The number of carbonyl (C=O) groups excluding carboxylic acids is 1. The number of anilines is 1. The van der Waals surface area contributed by atoms with Crippen molar-refractivity contribution in [2.45, 2.75) is 13.5 Å². The minimum atomic E-state index is -0.0780. The van der Waals surface area contributed by atoms with Gasteiger partial charge in [0.25, 0.3) is 5.91 Å². The van der Waals surface area contributed by atoms with Crippen LogP contribution < -0.4 is 10.1 Å². The first-order chi connectivity index (χ1) is 11.2. The molecule has 2 aromatic carbocycles. The first kappa shape index (κ1) is 14.0. The van der Waals surface area contributed by atoms with Crippen LogP contribution in [0.25, 0.3) is 10.4 Å². The molecule has 0 spiro atoms. The maximum absolute atomic E-state index is 12.5. The first-order valence-corrected chi connectivity index (χ1v) is 8.25. The Morgan fingerprint density at radius 3 is 2.74 bits per heavy atom. The zero-order valence-electron chi connectivity index (χ0n) is 12.6. The summed E-state index contributed by atoms with van der Waals surface area (Å²) in [5, 5.41) is 2.95. The number of aryl methyl sites for hydroxylation is 1. The smallest absolute Gasteiger partial charge is 0.265 e. The summed E-state index contributed by atoms with van der Waals surface area (Å²) in [4.78, 5) is 14.3. The second-order valence-electron chi connectivity index (χ2n) is 5.57. The lowest BCUT2D eigenvalue weighted by atomic mass is 10.1. The van der Waals surface area contributed by atoms with Gasteiger partial charge in [0.2, 0.25) is 0 Å². The molecule has 23 heavy (non-hydrogen) atoms. The van der Waals surface area contributed by atoms with Crippen LogP contribution in [0.5, 0.6) is 5.75 Å². The summed E-state index contributed by atoms with van der Waals surface area (Å²) < 4.78 is 5.75. The highest BCUT2D eigenvalue weighted by molar-refractivity contribution is 7.17. The Morgan fingerprint density at radius 2 is 1.91 bits per heavy atom. The van der Waals surface area contributed by atoms with Gasteiger partial charge in [0, 0.05) is 21.7 Å². The number of thiophene rings is 1. The van der Waals surface area contributed by atoms with Crippen LogP contribution in [-0.2, 0) is 6.61 Å². The second kappa shape index (κ2) is 5.56. The number of nitrogens with one attached hydrogen (secondary N) is 1. The van der Waals surface area contributed by atoms with Gasteiger partial charge in [-0.2, -0.15) is 0 Å². The van der Waals surface area contributed by atoms with E-state index in [2.05, 4.69) is 5.32 Å². The molecule has 0 saturated heterocycles. The largest absolute Gasteiger partial charge is 0.488 e. The zero-order chi connectivity index (χ0) is 15.8. The maximum Gasteiger partial charge on any atom is 0.265 e. The van der Waals surface area contributed by atoms with Gasteiger partial charge in [-0.1, -0.05) is 29.8 Å². The number of carbonyl (C=O) groups is 1. The number of rotatable bonds is 2. The van der Waals surface area contributed by atoms with Crippen molar-refractivity contribution in [1.82, 2.24) is 0 Å². The highest BCUT2D eigenvalue weighted by Gasteiger charge is 2.22. The van der Waals surface area contributed by atoms with E-state index in [4.69, 9.17) is 4.74 Å². The van der Waals surface area contributed by atoms with Crippen molar-refractivity contribution in [3.8, 4) is 16.2 Å². The Morgan fingerprint density at radius 1 is 1.13 bits per heavy atom. The first-order valence-electron chi connectivity index (χ1n) is 7.43. The van der Waals surface area contributed by atoms with Crippen LogP contribution in [0.4, 0.5) is 5.69 Å². The van der Waals surface area contributed by atoms with E-state index in [1.165, 1.54) is 16.9 Å². The van der Waals surface area contributed by atoms with Crippen molar-refractivity contribution < 1.29 is 9.53 Å². The van der Waals surface area contributed by atoms with Crippen LogP contribution >= 0.6 is 11.3 Å². The van der Waals surface area contributed by atoms with E-state index in [0.717, 1.165) is 27.4 Å². The molecular formula is C19H15NO2S. The lowest BCUT2D eigenvalue weighted by Gasteiger charge is -2.16. The normalized spacial score (nSPS) is 12.0. The lowest BCUT2D eigenvalue weighted by molar-refractivity contribution is 0.103. The fourth-order valence-electron chi connectivity index (χ4n) is 2.64. The van der Waals surface area contributed by atoms with Crippen molar-refractivity contribution in [3.63, 3.8) is 0 Å². The third kappa shape index (κ3) is 2.62. The summed E-state index contributed by atoms with van der Waals surface area (Å²) >= 11 is 1.52. The molecule has 2 heterocycles. The quantitative estimate of drug-likeness (QED) is 0.731. The molecule has 1 aromatic heterocycles. The van der Waals surface area contributed by atoms with E-state index in [1.54, 1.807) is 0 Å². The van der Waals surface area contributed by atoms with E-state index in [-0.39, 0.29) is 5.91 Å². The average molecular weight is 321 g/mol. The molecule has 114 valence electrons. The number of fused-ring (bicyclic) bond motifs is 3. The van der Waals surface area contributed by atoms with Gasteiger partial charge in [-0.25, -0.2) is 0 Å². The third-order valence-corrected chi connectivity index (χ3v) is 5.07. The monoisotopic (exact) mass is 321 g/mol. The van der Waals surface area contributed by atoms with Gasteiger partial charge in [0.05, 0.1) is 4.88 Å². The van der Waals surface area contributed by atoms with E-state index in [0.29, 0.717) is 11.5 Å². The van der Waals surface area contributed by atoms with E-state index < -0.39 is 0 Å². The van der Waals surface area contributed by atoms with Crippen molar-refractivity contribution in [2.24, 2.45) is 0 Å². The Balaban J connectivity index is 1.63. The molecule has 0 unspecified atom stereocenters. The van der Waals surface area contributed by atoms with E-state index >= 15 is 0 Å². The topological polar surface area (TPSA) is 38.3 Å². The molecule has 4 rings (SSSR count). The van der Waals surface area contributed by atoms with Gasteiger partial charge in [-0.15, -0.1) is 11.3 Å². The van der Waals surface area contributed by atoms with Gasteiger partial charge in [0.1, 0.15) is 12.4 Å². The van der Waals surface area contributed by atoms with Gasteiger partial charge in [0.15, 0.2) is 0 Å². The number of hydrogen-bond acceptors (Lipinski definition) is 3. The van der Waals surface area contributed by atoms with Crippen molar-refractivity contribution >= 4 is 22.9 Å². The van der Waals surface area contributed by atoms with Crippen molar-refractivity contribution in [3.05, 3.63) is 70.6 Å². The van der Waals surface area contributed by atoms with Crippen LogP contribution in [0.2, 0.25) is 0 Å². The molecule has 0 fully saturated rings. The summed E-state index contributed by atoms with van der Waals surface area (Å²) in [6.07, 6.45) is 0. The highest BCUT2D eigenvalue weighted by Crippen LogP contribution is 2.42. The predicted octanol–water partition coefficient (Wildman–Crippen LogP) is 4.87. The van der Waals surface area contributed by atoms with Gasteiger partial charge < -0.3 is 10.1 Å². The Bertz CT molecular complexity index is 881. The van der Waals surface area contributed by atoms with Crippen LogP contribution in [0.15, 0.2) is 54.6 Å². The minimum Gasteiger partial charge on any atom is -0.488 e. The summed E-state index contributed by atoms with van der Waals surface area (Å²) in [7, 11) is 0. The summed E-state index contributed by atoms with van der Waals surface area (Å²) in [5.41, 5.74) is 4.11. The molecule has 3 nitrogen and oxygen atoms in total. The number of amides is 1. The third-order valence-electron chi connectivity index (χ3n) is 3.86. The predicted molar refractivity (Wildman–Crippen MR) is 93.2 cm³/mol. The van der Waals surface area contributed by atoms with Crippen LogP contribution in [0.1, 0.15) is 20.8 Å². The van der Waals surface area contributed by atoms with Gasteiger partial charge in [-0.3, -0.25) is 4.79 Å². The Hall–Kier alpha value is -2.59. The number of hydrogen-bond donors (Lipinski definition) is 1. The van der Waals surface area contributed by atoms with Crippen LogP contribution in [0.3, 0.4) is 0 Å². The number of ether oxygens (including phenoxy) is 1. The van der Waals surface area contributed by atoms with E-state index in [1.807, 2.05) is 61.5 Å². The minimum absolute atomic E-state index is 0.0780. The summed E-state index contributed by atoms with van der Waals surface area (Å²) in [6, 6.07) is 17.7. The molecule has 0 saturated carbocycles. The molecule has 1 aliphatic heterocycles. The van der Waals surface area contributed by atoms with Crippen molar-refractivity contribution in [2.75, 3.05) is 5.32 Å². The highest BCUT2D eigenvalue weighted by atomic mass is 32.1. The number of benzene rings is 2. The SMILES string of the molecule is Cc1ccc(NC(=O)c2cc3c(s2)-c2ccccc2OC3)cc1. The van der Waals surface area contributed by atoms with Crippen molar-refractivity contribution in [1.29, 1.82) is 0 Å². The molecule has 0 atom stereocenters. The number of para-hydroxylation sites is 1. The molecule has 1 aliphatic rings. The standard InChI is InChI=1S/C19H15NO2S/c1-12-6-8-14(9-7-12)20-19(21)17-10-13-11-22-16-5-3-2-4-15(16)18(13)23-17/h2-10H,11H2,1H3,(H,20,21). The van der Waals surface area contributed by atoms with Gasteiger partial charge in [-0.05, 0) is 37.3 Å². The van der Waals surface area contributed by atoms with Crippen LogP contribution in [0, 0.1) is 6.92 Å². The molecule has 0 aliphatic carbocycles. The molecule has 0 bridgehead atoms. The zero-order valence-corrected chi connectivity index (χ0v) is 13.4. The average Bonchev–Trinajstić information content (AvgIpc) is 3.02. The van der Waals surface area contributed by atoms with Crippen LogP contribution in [-0.4, -0.2) is 5.91 Å². The fourth-order valence-corrected chi connectivity index (χ4v) is 3.73. The lowest BCUT2D eigenvalue weighted by Crippen LogP contribution is -2.10.